The van der Waals surface area contributed by atoms with Gasteiger partial charge in [-0.15, -0.1) is 0 Å². The minimum Gasteiger partial charge on any atom is -0.445 e. The third-order valence-electron chi connectivity index (χ3n) is 3.99. The molecule has 0 saturated heterocycles. The van der Waals surface area contributed by atoms with Gasteiger partial charge in [-0.2, -0.15) is 0 Å². The first-order valence-corrected chi connectivity index (χ1v) is 6.97. The van der Waals surface area contributed by atoms with Gasteiger partial charge in [-0.25, -0.2) is 4.98 Å². The monoisotopic (exact) mass is 235 g/mol. The topological polar surface area (TPSA) is 26.0 Å². The molecule has 1 fully saturated rings. The molecule has 1 aliphatic rings. The van der Waals surface area contributed by atoms with Gasteiger partial charge in [0, 0.05) is 11.3 Å². The van der Waals surface area contributed by atoms with Crippen LogP contribution < -0.4 is 0 Å². The van der Waals surface area contributed by atoms with E-state index >= 15 is 0 Å². The Morgan fingerprint density at radius 2 is 1.88 bits per heavy atom. The summed E-state index contributed by atoms with van der Waals surface area (Å²) in [5.74, 6) is 3.55. The maximum absolute atomic E-state index is 5.95. The molecule has 0 atom stereocenters. The fourth-order valence-electron chi connectivity index (χ4n) is 2.68. The highest BCUT2D eigenvalue weighted by molar-refractivity contribution is 5.07. The van der Waals surface area contributed by atoms with Crippen molar-refractivity contribution < 1.29 is 4.42 Å². The standard InChI is InChI=1S/C15H25NO/c1-5-11-6-8-12(9-7-11)13-10-16-14(17-13)15(2,3)4/h10-12H,5-9H2,1-4H3/t11-,12-. The smallest absolute Gasteiger partial charge is 0.199 e. The van der Waals surface area contributed by atoms with E-state index in [4.69, 9.17) is 4.42 Å². The lowest BCUT2D eigenvalue weighted by Gasteiger charge is -2.26. The van der Waals surface area contributed by atoms with Crippen molar-refractivity contribution in [2.24, 2.45) is 5.92 Å². The fourth-order valence-corrected chi connectivity index (χ4v) is 2.68. The van der Waals surface area contributed by atoms with E-state index in [9.17, 15) is 0 Å². The molecule has 0 aromatic carbocycles. The summed E-state index contributed by atoms with van der Waals surface area (Å²) in [5, 5.41) is 0. The van der Waals surface area contributed by atoms with Crippen LogP contribution >= 0.6 is 0 Å². The van der Waals surface area contributed by atoms with Gasteiger partial charge in [0.15, 0.2) is 5.89 Å². The van der Waals surface area contributed by atoms with Gasteiger partial charge < -0.3 is 4.42 Å². The Morgan fingerprint density at radius 3 is 2.35 bits per heavy atom. The normalized spacial score (nSPS) is 26.1. The molecule has 0 amide bonds. The van der Waals surface area contributed by atoms with Gasteiger partial charge in [-0.3, -0.25) is 0 Å². The van der Waals surface area contributed by atoms with Gasteiger partial charge >= 0.3 is 0 Å². The van der Waals surface area contributed by atoms with Crippen molar-refractivity contribution in [2.75, 3.05) is 0 Å². The quantitative estimate of drug-likeness (QED) is 0.745. The summed E-state index contributed by atoms with van der Waals surface area (Å²) in [4.78, 5) is 4.44. The number of aromatic nitrogens is 1. The van der Waals surface area contributed by atoms with Crippen LogP contribution in [0.2, 0.25) is 0 Å². The van der Waals surface area contributed by atoms with Crippen molar-refractivity contribution in [3.8, 4) is 0 Å². The number of nitrogens with zero attached hydrogens (tertiary/aromatic N) is 1. The molecular formula is C15H25NO. The minimum atomic E-state index is 0.0267. The molecule has 1 aliphatic carbocycles. The van der Waals surface area contributed by atoms with Gasteiger partial charge in [-0.1, -0.05) is 34.1 Å². The molecule has 2 nitrogen and oxygen atoms in total. The highest BCUT2D eigenvalue weighted by atomic mass is 16.4. The Labute approximate surface area is 105 Å². The van der Waals surface area contributed by atoms with Crippen LogP contribution in [-0.2, 0) is 5.41 Å². The molecule has 2 heteroatoms. The minimum absolute atomic E-state index is 0.0267. The first-order valence-electron chi connectivity index (χ1n) is 6.97. The van der Waals surface area contributed by atoms with Crippen molar-refractivity contribution in [2.45, 2.75) is 71.1 Å². The lowest BCUT2D eigenvalue weighted by Crippen LogP contribution is -2.13. The summed E-state index contributed by atoms with van der Waals surface area (Å²) >= 11 is 0. The second-order valence-corrected chi connectivity index (χ2v) is 6.44. The lowest BCUT2D eigenvalue weighted by atomic mass is 9.80. The van der Waals surface area contributed by atoms with Crippen LogP contribution in [0.4, 0.5) is 0 Å². The first-order chi connectivity index (χ1) is 8.00. The van der Waals surface area contributed by atoms with Gasteiger partial charge in [0.2, 0.25) is 0 Å². The predicted octanol–water partition coefficient (Wildman–Crippen LogP) is 4.66. The molecule has 0 N–H and O–H groups in total. The Kier molecular flexibility index (Phi) is 3.60. The molecule has 0 spiro atoms. The molecule has 1 heterocycles. The molecule has 0 unspecified atom stereocenters. The van der Waals surface area contributed by atoms with Crippen molar-refractivity contribution >= 4 is 0 Å². The zero-order chi connectivity index (χ0) is 12.5. The van der Waals surface area contributed by atoms with Crippen molar-refractivity contribution in [1.29, 1.82) is 0 Å². The second kappa shape index (κ2) is 4.83. The number of hydrogen-bond donors (Lipinski definition) is 0. The van der Waals surface area contributed by atoms with Gasteiger partial charge in [0.25, 0.3) is 0 Å². The summed E-state index contributed by atoms with van der Waals surface area (Å²) < 4.78 is 5.95. The predicted molar refractivity (Wildman–Crippen MR) is 70.2 cm³/mol. The average molecular weight is 235 g/mol. The lowest BCUT2D eigenvalue weighted by molar-refractivity contribution is 0.279. The molecular weight excluding hydrogens is 210 g/mol. The molecule has 0 aliphatic heterocycles. The van der Waals surface area contributed by atoms with E-state index < -0.39 is 0 Å². The third-order valence-corrected chi connectivity index (χ3v) is 3.99. The third kappa shape index (κ3) is 2.91. The molecule has 1 aromatic heterocycles. The molecule has 17 heavy (non-hydrogen) atoms. The maximum Gasteiger partial charge on any atom is 0.199 e. The van der Waals surface area contributed by atoms with Crippen molar-refractivity contribution in [1.82, 2.24) is 4.98 Å². The summed E-state index contributed by atoms with van der Waals surface area (Å²) in [5.41, 5.74) is 0.0267. The molecule has 0 radical (unpaired) electrons. The summed E-state index contributed by atoms with van der Waals surface area (Å²) in [6.07, 6.45) is 8.54. The Morgan fingerprint density at radius 1 is 1.24 bits per heavy atom. The van der Waals surface area contributed by atoms with Crippen molar-refractivity contribution in [3.63, 3.8) is 0 Å². The van der Waals surface area contributed by atoms with Crippen LogP contribution in [0, 0.1) is 5.92 Å². The van der Waals surface area contributed by atoms with Gasteiger partial charge in [0.05, 0.1) is 6.20 Å². The fraction of sp³-hybridized carbons (Fsp3) is 0.800. The molecule has 1 saturated carbocycles. The van der Waals surface area contributed by atoms with Crippen LogP contribution in [0.25, 0.3) is 0 Å². The largest absolute Gasteiger partial charge is 0.445 e. The van der Waals surface area contributed by atoms with E-state index in [-0.39, 0.29) is 5.41 Å². The van der Waals surface area contributed by atoms with Crippen LogP contribution in [0.15, 0.2) is 10.6 Å². The zero-order valence-electron chi connectivity index (χ0n) is 11.6. The molecule has 1 aromatic rings. The summed E-state index contributed by atoms with van der Waals surface area (Å²) in [7, 11) is 0. The number of hydrogen-bond acceptors (Lipinski definition) is 2. The zero-order valence-corrected chi connectivity index (χ0v) is 11.6. The van der Waals surface area contributed by atoms with Crippen LogP contribution in [0.1, 0.15) is 77.4 Å². The second-order valence-electron chi connectivity index (χ2n) is 6.44. The number of oxazole rings is 1. The number of rotatable bonds is 2. The summed E-state index contributed by atoms with van der Waals surface area (Å²) in [6.45, 7) is 8.75. The highest BCUT2D eigenvalue weighted by Crippen LogP contribution is 2.38. The van der Waals surface area contributed by atoms with E-state index in [2.05, 4.69) is 32.7 Å². The molecule has 0 bridgehead atoms. The van der Waals surface area contributed by atoms with E-state index in [1.54, 1.807) is 0 Å². The van der Waals surface area contributed by atoms with E-state index in [0.717, 1.165) is 17.6 Å². The van der Waals surface area contributed by atoms with E-state index in [0.29, 0.717) is 5.92 Å². The van der Waals surface area contributed by atoms with E-state index in [1.165, 1.54) is 32.1 Å². The maximum atomic E-state index is 5.95. The Hall–Kier alpha value is -0.790. The van der Waals surface area contributed by atoms with Crippen LogP contribution in [-0.4, -0.2) is 4.98 Å². The van der Waals surface area contributed by atoms with Crippen LogP contribution in [0.3, 0.4) is 0 Å². The summed E-state index contributed by atoms with van der Waals surface area (Å²) in [6, 6.07) is 0. The SMILES string of the molecule is CC[C@H]1CC[C@H](c2cnc(C(C)(C)C)o2)CC1. The molecule has 2 rings (SSSR count). The Bertz CT molecular complexity index is 353. The average Bonchev–Trinajstić information content (AvgIpc) is 2.78. The van der Waals surface area contributed by atoms with Crippen LogP contribution in [0.5, 0.6) is 0 Å². The van der Waals surface area contributed by atoms with Gasteiger partial charge in [0.1, 0.15) is 5.76 Å². The highest BCUT2D eigenvalue weighted by Gasteiger charge is 2.26. The van der Waals surface area contributed by atoms with Gasteiger partial charge in [-0.05, 0) is 31.6 Å². The first kappa shape index (κ1) is 12.7. The Balaban J connectivity index is 2.02. The van der Waals surface area contributed by atoms with E-state index in [1.807, 2.05) is 6.20 Å². The molecule has 96 valence electrons. The van der Waals surface area contributed by atoms with Crippen molar-refractivity contribution in [3.05, 3.63) is 17.8 Å².